The van der Waals surface area contributed by atoms with Gasteiger partial charge in [0.25, 0.3) is 0 Å². The van der Waals surface area contributed by atoms with Gasteiger partial charge in [-0.3, -0.25) is 4.31 Å². The summed E-state index contributed by atoms with van der Waals surface area (Å²) in [5, 5.41) is 1.01. The fourth-order valence-electron chi connectivity index (χ4n) is 2.74. The van der Waals surface area contributed by atoms with Gasteiger partial charge >= 0.3 is 0 Å². The van der Waals surface area contributed by atoms with Crippen molar-refractivity contribution >= 4 is 26.7 Å². The molecule has 118 valence electrons. The molecule has 0 aliphatic carbocycles. The van der Waals surface area contributed by atoms with Crippen LogP contribution in [-0.2, 0) is 16.4 Å². The number of benzene rings is 1. The van der Waals surface area contributed by atoms with Crippen molar-refractivity contribution in [3.63, 3.8) is 0 Å². The molecule has 2 heterocycles. The maximum atomic E-state index is 12.5. The van der Waals surface area contributed by atoms with Crippen LogP contribution in [0.1, 0.15) is 25.3 Å². The van der Waals surface area contributed by atoms with Gasteiger partial charge in [-0.25, -0.2) is 13.4 Å². The number of unbranched alkanes of at least 4 members (excludes halogenated alkanes) is 1. The summed E-state index contributed by atoms with van der Waals surface area (Å²) in [6, 6.07) is 7.72. The first-order chi connectivity index (χ1) is 10.5. The van der Waals surface area contributed by atoms with E-state index in [0.717, 1.165) is 35.1 Å². The minimum Gasteiger partial charge on any atom is -0.497 e. The molecule has 0 atom stereocenters. The highest BCUT2D eigenvalue weighted by Crippen LogP contribution is 2.32. The summed E-state index contributed by atoms with van der Waals surface area (Å²) in [5.74, 6) is 1.48. The van der Waals surface area contributed by atoms with Gasteiger partial charge in [0.15, 0.2) is 0 Å². The van der Waals surface area contributed by atoms with E-state index in [1.165, 1.54) is 4.31 Å². The second kappa shape index (κ2) is 5.76. The Morgan fingerprint density at radius 3 is 2.86 bits per heavy atom. The van der Waals surface area contributed by atoms with Crippen molar-refractivity contribution in [1.29, 1.82) is 0 Å². The largest absolute Gasteiger partial charge is 0.497 e. The van der Waals surface area contributed by atoms with Crippen molar-refractivity contribution in [2.45, 2.75) is 26.2 Å². The number of hydrogen-bond acceptors (Lipinski definition) is 4. The highest BCUT2D eigenvalue weighted by molar-refractivity contribution is 7.92. The van der Waals surface area contributed by atoms with Gasteiger partial charge in [-0.05, 0) is 36.6 Å². The highest BCUT2D eigenvalue weighted by Gasteiger charge is 2.30. The van der Waals surface area contributed by atoms with Crippen molar-refractivity contribution in [1.82, 2.24) is 4.98 Å². The highest BCUT2D eigenvalue weighted by atomic mass is 32.2. The zero-order chi connectivity index (χ0) is 15.7. The lowest BCUT2D eigenvalue weighted by Gasteiger charge is -2.18. The summed E-state index contributed by atoms with van der Waals surface area (Å²) in [7, 11) is -1.67. The molecule has 0 fully saturated rings. The predicted octanol–water partition coefficient (Wildman–Crippen LogP) is 2.74. The van der Waals surface area contributed by atoms with Crippen molar-refractivity contribution < 1.29 is 13.2 Å². The fourth-order valence-corrected chi connectivity index (χ4v) is 4.41. The number of rotatable bonds is 5. The van der Waals surface area contributed by atoms with E-state index < -0.39 is 10.0 Å². The summed E-state index contributed by atoms with van der Waals surface area (Å²) in [6.07, 6.45) is 2.26. The fraction of sp³-hybridized carbons (Fsp3) is 0.438. The van der Waals surface area contributed by atoms with Crippen LogP contribution in [0.2, 0.25) is 0 Å². The molecule has 1 aromatic heterocycles. The van der Waals surface area contributed by atoms with Crippen LogP contribution in [0.25, 0.3) is 10.9 Å². The SMILES string of the molecule is CCCCS(=O)(=O)N1CCc2cc3ccc(OC)cc3nc21. The van der Waals surface area contributed by atoms with Gasteiger partial charge in [-0.2, -0.15) is 0 Å². The number of methoxy groups -OCH3 is 1. The lowest BCUT2D eigenvalue weighted by Crippen LogP contribution is -2.31. The average molecular weight is 320 g/mol. The number of pyridine rings is 1. The third-order valence-electron chi connectivity index (χ3n) is 3.99. The second-order valence-electron chi connectivity index (χ2n) is 5.52. The van der Waals surface area contributed by atoms with Crippen molar-refractivity contribution in [2.75, 3.05) is 23.7 Å². The van der Waals surface area contributed by atoms with E-state index in [0.29, 0.717) is 18.8 Å². The van der Waals surface area contributed by atoms with Gasteiger partial charge in [0, 0.05) is 18.0 Å². The number of nitrogens with zero attached hydrogens (tertiary/aromatic N) is 2. The maximum Gasteiger partial charge on any atom is 0.236 e. The molecule has 2 aromatic rings. The van der Waals surface area contributed by atoms with E-state index in [9.17, 15) is 8.42 Å². The number of anilines is 1. The Balaban J connectivity index is 2.04. The smallest absolute Gasteiger partial charge is 0.236 e. The molecule has 0 saturated carbocycles. The molecule has 3 rings (SSSR count). The van der Waals surface area contributed by atoms with Crippen molar-refractivity contribution in [3.8, 4) is 5.75 Å². The van der Waals surface area contributed by atoms with E-state index >= 15 is 0 Å². The second-order valence-corrected chi connectivity index (χ2v) is 7.53. The van der Waals surface area contributed by atoms with Crippen molar-refractivity contribution in [3.05, 3.63) is 29.8 Å². The van der Waals surface area contributed by atoms with E-state index in [2.05, 4.69) is 4.98 Å². The Bertz CT molecular complexity index is 802. The van der Waals surface area contributed by atoms with Gasteiger partial charge in [0.05, 0.1) is 18.4 Å². The van der Waals surface area contributed by atoms with Crippen LogP contribution in [0, 0.1) is 0 Å². The van der Waals surface area contributed by atoms with Crippen LogP contribution < -0.4 is 9.04 Å². The molecule has 1 aliphatic rings. The van der Waals surface area contributed by atoms with Crippen molar-refractivity contribution in [2.24, 2.45) is 0 Å². The number of hydrogen-bond donors (Lipinski definition) is 0. The predicted molar refractivity (Wildman–Crippen MR) is 88.0 cm³/mol. The molecule has 1 aromatic carbocycles. The normalized spacial score (nSPS) is 14.4. The maximum absolute atomic E-state index is 12.5. The Kier molecular flexibility index (Phi) is 3.95. The number of fused-ring (bicyclic) bond motifs is 2. The van der Waals surface area contributed by atoms with Gasteiger partial charge in [-0.15, -0.1) is 0 Å². The molecule has 0 spiro atoms. The first-order valence-electron chi connectivity index (χ1n) is 7.53. The minimum atomic E-state index is -3.28. The van der Waals surface area contributed by atoms with E-state index in [4.69, 9.17) is 4.74 Å². The molecule has 6 heteroatoms. The zero-order valence-electron chi connectivity index (χ0n) is 12.9. The molecule has 5 nitrogen and oxygen atoms in total. The van der Waals surface area contributed by atoms with Crippen LogP contribution >= 0.6 is 0 Å². The Labute approximate surface area is 131 Å². The number of sulfonamides is 1. The standard InChI is InChI=1S/C16H20N2O3S/c1-3-4-9-22(19,20)18-8-7-13-10-12-5-6-14(21-2)11-15(12)17-16(13)18/h5-6,10-11H,3-4,7-9H2,1-2H3. The molecule has 22 heavy (non-hydrogen) atoms. The Morgan fingerprint density at radius 2 is 2.14 bits per heavy atom. The van der Waals surface area contributed by atoms with Gasteiger partial charge in [0.1, 0.15) is 11.6 Å². The Morgan fingerprint density at radius 1 is 1.32 bits per heavy atom. The molecule has 0 amide bonds. The minimum absolute atomic E-state index is 0.181. The average Bonchev–Trinajstić information content (AvgIpc) is 2.93. The van der Waals surface area contributed by atoms with Crippen LogP contribution in [0.15, 0.2) is 24.3 Å². The molecule has 0 bridgehead atoms. The molecular formula is C16H20N2O3S. The molecular weight excluding hydrogens is 300 g/mol. The van der Waals surface area contributed by atoms with Crippen LogP contribution in [0.3, 0.4) is 0 Å². The third kappa shape index (κ3) is 2.63. The third-order valence-corrected chi connectivity index (χ3v) is 5.82. The van der Waals surface area contributed by atoms with Crippen LogP contribution in [0.5, 0.6) is 5.75 Å². The monoisotopic (exact) mass is 320 g/mol. The lowest BCUT2D eigenvalue weighted by molar-refractivity contribution is 0.415. The van der Waals surface area contributed by atoms with Gasteiger partial charge in [0.2, 0.25) is 10.0 Å². The topological polar surface area (TPSA) is 59.5 Å². The summed E-state index contributed by atoms with van der Waals surface area (Å²) in [4.78, 5) is 4.59. The Hall–Kier alpha value is -1.82. The summed E-state index contributed by atoms with van der Waals surface area (Å²) in [6.45, 7) is 2.48. The van der Waals surface area contributed by atoms with E-state index in [1.807, 2.05) is 31.2 Å². The summed E-state index contributed by atoms with van der Waals surface area (Å²) < 4.78 is 31.6. The molecule has 0 saturated heterocycles. The number of ether oxygens (including phenoxy) is 1. The lowest BCUT2D eigenvalue weighted by atomic mass is 10.1. The van der Waals surface area contributed by atoms with Gasteiger partial charge < -0.3 is 4.74 Å². The molecule has 0 unspecified atom stereocenters. The van der Waals surface area contributed by atoms with E-state index in [-0.39, 0.29) is 5.75 Å². The van der Waals surface area contributed by atoms with E-state index in [1.54, 1.807) is 7.11 Å². The summed E-state index contributed by atoms with van der Waals surface area (Å²) in [5.41, 5.74) is 1.76. The molecule has 0 radical (unpaired) electrons. The zero-order valence-corrected chi connectivity index (χ0v) is 13.7. The van der Waals surface area contributed by atoms with Crippen LogP contribution in [-0.4, -0.2) is 32.8 Å². The summed E-state index contributed by atoms with van der Waals surface area (Å²) >= 11 is 0. The van der Waals surface area contributed by atoms with Gasteiger partial charge in [-0.1, -0.05) is 13.3 Å². The quantitative estimate of drug-likeness (QED) is 0.850. The number of aromatic nitrogens is 1. The molecule has 0 N–H and O–H groups in total. The first-order valence-corrected chi connectivity index (χ1v) is 9.14. The van der Waals surface area contributed by atoms with Crippen LogP contribution in [0.4, 0.5) is 5.82 Å². The molecule has 1 aliphatic heterocycles. The first kappa shape index (κ1) is 15.1.